The van der Waals surface area contributed by atoms with Crippen molar-refractivity contribution in [3.8, 4) is 0 Å². The molecule has 2 aromatic heterocycles. The second-order valence-electron chi connectivity index (χ2n) is 6.86. The molecule has 0 bridgehead atoms. The van der Waals surface area contributed by atoms with Crippen LogP contribution in [-0.4, -0.2) is 48.7 Å². The first kappa shape index (κ1) is 18.7. The maximum atomic E-state index is 12.3. The van der Waals surface area contributed by atoms with E-state index >= 15 is 0 Å². The van der Waals surface area contributed by atoms with Gasteiger partial charge in [-0.2, -0.15) is 0 Å². The number of hydrogen-bond donors (Lipinski definition) is 0. The van der Waals surface area contributed by atoms with Crippen LogP contribution in [0.15, 0.2) is 30.3 Å². The second-order valence-corrected chi connectivity index (χ2v) is 7.86. The Hall–Kier alpha value is -2.67. The molecule has 1 aromatic carbocycles. The molecule has 0 aliphatic carbocycles. The van der Waals surface area contributed by atoms with E-state index in [1.54, 1.807) is 0 Å². The summed E-state index contributed by atoms with van der Waals surface area (Å²) in [5, 5.41) is 0.979. The summed E-state index contributed by atoms with van der Waals surface area (Å²) >= 11 is 1.40. The SMILES string of the molecule is CCOC(=O)c1sc2nc(C)nc(N3CCN(c4ccccc4)CC3)c2c1C. The van der Waals surface area contributed by atoms with Gasteiger partial charge in [0, 0.05) is 31.9 Å². The first-order valence-corrected chi connectivity index (χ1v) is 10.4. The standard InChI is InChI=1S/C21H24N4O2S/c1-4-27-21(26)18-14(2)17-19(22-15(3)23-20(17)28-18)25-12-10-24(11-13-25)16-8-6-5-7-9-16/h5-9H,4,10-13H2,1-3H3. The first-order chi connectivity index (χ1) is 13.6. The van der Waals surface area contributed by atoms with Crippen LogP contribution in [0.4, 0.5) is 11.5 Å². The summed E-state index contributed by atoms with van der Waals surface area (Å²) < 4.78 is 5.22. The number of carbonyl (C=O) groups is 1. The van der Waals surface area contributed by atoms with Crippen molar-refractivity contribution in [1.29, 1.82) is 0 Å². The zero-order valence-corrected chi connectivity index (χ0v) is 17.3. The smallest absolute Gasteiger partial charge is 0.348 e. The zero-order valence-electron chi connectivity index (χ0n) is 16.4. The Balaban J connectivity index is 1.64. The lowest BCUT2D eigenvalue weighted by atomic mass is 10.1. The van der Waals surface area contributed by atoms with Crippen molar-refractivity contribution in [1.82, 2.24) is 9.97 Å². The van der Waals surface area contributed by atoms with Gasteiger partial charge in [-0.05, 0) is 38.5 Å². The van der Waals surface area contributed by atoms with Gasteiger partial charge in [0.2, 0.25) is 0 Å². The van der Waals surface area contributed by atoms with E-state index in [1.807, 2.05) is 26.8 Å². The number of fused-ring (bicyclic) bond motifs is 1. The summed E-state index contributed by atoms with van der Waals surface area (Å²) in [6, 6.07) is 10.5. The van der Waals surface area contributed by atoms with Gasteiger partial charge < -0.3 is 14.5 Å². The lowest BCUT2D eigenvalue weighted by Gasteiger charge is -2.37. The number of rotatable bonds is 4. The molecule has 0 atom stereocenters. The number of nitrogens with zero attached hydrogens (tertiary/aromatic N) is 4. The molecule has 0 N–H and O–H groups in total. The number of ether oxygens (including phenoxy) is 1. The van der Waals surface area contributed by atoms with E-state index in [4.69, 9.17) is 9.72 Å². The van der Waals surface area contributed by atoms with Gasteiger partial charge in [0.1, 0.15) is 21.3 Å². The van der Waals surface area contributed by atoms with Crippen LogP contribution >= 0.6 is 11.3 Å². The molecule has 1 fully saturated rings. The molecule has 1 saturated heterocycles. The highest BCUT2D eigenvalue weighted by Crippen LogP contribution is 2.36. The van der Waals surface area contributed by atoms with Crippen molar-refractivity contribution in [2.45, 2.75) is 20.8 Å². The minimum Gasteiger partial charge on any atom is -0.462 e. The number of anilines is 2. The number of aryl methyl sites for hydroxylation is 2. The normalized spacial score (nSPS) is 14.5. The van der Waals surface area contributed by atoms with E-state index in [2.05, 4.69) is 39.0 Å². The minimum absolute atomic E-state index is 0.277. The van der Waals surface area contributed by atoms with Crippen molar-refractivity contribution in [3.05, 3.63) is 46.6 Å². The predicted octanol–water partition coefficient (Wildman–Crippen LogP) is 3.81. The van der Waals surface area contributed by atoms with E-state index in [0.717, 1.165) is 53.6 Å². The number of benzene rings is 1. The third kappa shape index (κ3) is 3.42. The van der Waals surface area contributed by atoms with Crippen LogP contribution < -0.4 is 9.80 Å². The number of esters is 1. The van der Waals surface area contributed by atoms with Crippen LogP contribution in [0.2, 0.25) is 0 Å². The third-order valence-corrected chi connectivity index (χ3v) is 6.21. The summed E-state index contributed by atoms with van der Waals surface area (Å²) in [4.78, 5) is 27.8. The second kappa shape index (κ2) is 7.75. The summed E-state index contributed by atoms with van der Waals surface area (Å²) in [5.74, 6) is 1.38. The number of piperazine rings is 1. The quantitative estimate of drug-likeness (QED) is 0.625. The molecule has 3 heterocycles. The van der Waals surface area contributed by atoms with E-state index in [9.17, 15) is 4.79 Å². The molecule has 0 unspecified atom stereocenters. The number of thiophene rings is 1. The summed E-state index contributed by atoms with van der Waals surface area (Å²) in [6.45, 7) is 9.68. The van der Waals surface area contributed by atoms with E-state index in [-0.39, 0.29) is 5.97 Å². The average Bonchev–Trinajstić information content (AvgIpc) is 3.05. The van der Waals surface area contributed by atoms with Crippen molar-refractivity contribution < 1.29 is 9.53 Å². The Morgan fingerprint density at radius 2 is 1.75 bits per heavy atom. The van der Waals surface area contributed by atoms with Gasteiger partial charge in [0.25, 0.3) is 0 Å². The van der Waals surface area contributed by atoms with Gasteiger partial charge in [0.05, 0.1) is 12.0 Å². The Morgan fingerprint density at radius 1 is 1.07 bits per heavy atom. The van der Waals surface area contributed by atoms with Crippen molar-refractivity contribution in [2.75, 3.05) is 42.6 Å². The molecule has 0 saturated carbocycles. The first-order valence-electron chi connectivity index (χ1n) is 9.58. The van der Waals surface area contributed by atoms with Crippen LogP contribution in [0, 0.1) is 13.8 Å². The molecule has 6 nitrogen and oxygen atoms in total. The van der Waals surface area contributed by atoms with Gasteiger partial charge in [-0.1, -0.05) is 18.2 Å². The number of carbonyl (C=O) groups excluding carboxylic acids is 1. The summed E-state index contributed by atoms with van der Waals surface area (Å²) in [7, 11) is 0. The van der Waals surface area contributed by atoms with Gasteiger partial charge >= 0.3 is 5.97 Å². The van der Waals surface area contributed by atoms with Gasteiger partial charge in [-0.3, -0.25) is 0 Å². The van der Waals surface area contributed by atoms with Crippen LogP contribution in [0.5, 0.6) is 0 Å². The molecule has 0 amide bonds. The van der Waals surface area contributed by atoms with Gasteiger partial charge in [-0.15, -0.1) is 11.3 Å². The van der Waals surface area contributed by atoms with Crippen LogP contribution in [-0.2, 0) is 4.74 Å². The number of hydrogen-bond acceptors (Lipinski definition) is 7. The molecular weight excluding hydrogens is 372 g/mol. The largest absolute Gasteiger partial charge is 0.462 e. The fraction of sp³-hybridized carbons (Fsp3) is 0.381. The lowest BCUT2D eigenvalue weighted by Crippen LogP contribution is -2.47. The van der Waals surface area contributed by atoms with Crippen molar-refractivity contribution >= 4 is 39.0 Å². The fourth-order valence-electron chi connectivity index (χ4n) is 3.66. The fourth-order valence-corrected chi connectivity index (χ4v) is 4.77. The Labute approximate surface area is 168 Å². The molecular formula is C21H24N4O2S. The molecule has 0 spiro atoms. The maximum absolute atomic E-state index is 12.3. The predicted molar refractivity (Wildman–Crippen MR) is 114 cm³/mol. The van der Waals surface area contributed by atoms with Crippen LogP contribution in [0.1, 0.15) is 28.0 Å². The molecule has 1 aliphatic rings. The number of aromatic nitrogens is 2. The van der Waals surface area contributed by atoms with E-state index in [0.29, 0.717) is 11.5 Å². The zero-order chi connectivity index (χ0) is 19.7. The highest BCUT2D eigenvalue weighted by atomic mass is 32.1. The molecule has 3 aromatic rings. The topological polar surface area (TPSA) is 58.6 Å². The molecule has 0 radical (unpaired) electrons. The minimum atomic E-state index is -0.277. The highest BCUT2D eigenvalue weighted by molar-refractivity contribution is 7.20. The molecule has 146 valence electrons. The Bertz CT molecular complexity index is 995. The molecule has 28 heavy (non-hydrogen) atoms. The molecule has 7 heteroatoms. The van der Waals surface area contributed by atoms with Crippen molar-refractivity contribution in [3.63, 3.8) is 0 Å². The number of para-hydroxylation sites is 1. The Morgan fingerprint density at radius 3 is 2.43 bits per heavy atom. The van der Waals surface area contributed by atoms with Gasteiger partial charge in [0.15, 0.2) is 0 Å². The van der Waals surface area contributed by atoms with Crippen molar-refractivity contribution in [2.24, 2.45) is 0 Å². The lowest BCUT2D eigenvalue weighted by molar-refractivity contribution is 0.0531. The molecule has 1 aliphatic heterocycles. The average molecular weight is 397 g/mol. The van der Waals surface area contributed by atoms with Crippen LogP contribution in [0.25, 0.3) is 10.2 Å². The Kier molecular flexibility index (Phi) is 5.17. The third-order valence-electron chi connectivity index (χ3n) is 5.04. The maximum Gasteiger partial charge on any atom is 0.348 e. The summed E-state index contributed by atoms with van der Waals surface area (Å²) in [5.41, 5.74) is 2.17. The van der Waals surface area contributed by atoms with E-state index in [1.165, 1.54) is 17.0 Å². The van der Waals surface area contributed by atoms with Crippen LogP contribution in [0.3, 0.4) is 0 Å². The van der Waals surface area contributed by atoms with Gasteiger partial charge in [-0.25, -0.2) is 14.8 Å². The highest BCUT2D eigenvalue weighted by Gasteiger charge is 2.25. The summed E-state index contributed by atoms with van der Waals surface area (Å²) in [6.07, 6.45) is 0. The monoisotopic (exact) mass is 396 g/mol. The van der Waals surface area contributed by atoms with E-state index < -0.39 is 0 Å². The molecule has 4 rings (SSSR count).